The lowest BCUT2D eigenvalue weighted by Gasteiger charge is -2.14. The van der Waals surface area contributed by atoms with Crippen LogP contribution in [0.5, 0.6) is 0 Å². The Kier molecular flexibility index (Phi) is 3.18. The van der Waals surface area contributed by atoms with Gasteiger partial charge in [0.25, 0.3) is 0 Å². The van der Waals surface area contributed by atoms with Crippen LogP contribution in [0.25, 0.3) is 11.1 Å². The molecule has 0 saturated heterocycles. The molecular weight excluding hydrogens is 244 g/mol. The lowest BCUT2D eigenvalue weighted by atomic mass is 9.93. The van der Waals surface area contributed by atoms with Crippen LogP contribution in [-0.4, -0.2) is 7.11 Å². The molecule has 0 amide bonds. The highest BCUT2D eigenvalue weighted by Crippen LogP contribution is 2.41. The maximum Gasteiger partial charge on any atom is 0.0718 e. The lowest BCUT2D eigenvalue weighted by Crippen LogP contribution is -2.00. The largest absolute Gasteiger partial charge is 0.380 e. The molecule has 0 aliphatic heterocycles. The van der Waals surface area contributed by atoms with E-state index in [1.54, 1.807) is 7.11 Å². The summed E-state index contributed by atoms with van der Waals surface area (Å²) in [6.45, 7) is 9.52. The highest BCUT2D eigenvalue weighted by atomic mass is 16.5. The van der Waals surface area contributed by atoms with Crippen LogP contribution in [0.4, 0.5) is 0 Å². The van der Waals surface area contributed by atoms with Crippen molar-refractivity contribution in [2.45, 2.75) is 40.7 Å². The van der Waals surface area contributed by atoms with Crippen molar-refractivity contribution in [1.29, 1.82) is 0 Å². The number of hydrogen-bond acceptors (Lipinski definition) is 1. The summed E-state index contributed by atoms with van der Waals surface area (Å²) in [7, 11) is 1.78. The van der Waals surface area contributed by atoms with Gasteiger partial charge in [0.1, 0.15) is 0 Å². The SMILES string of the molecule is COCc1c(C)c(C)cc2c1Cc1cc(C)c(C)cc1-2. The second-order valence-corrected chi connectivity index (χ2v) is 6.03. The van der Waals surface area contributed by atoms with Gasteiger partial charge >= 0.3 is 0 Å². The first-order chi connectivity index (χ1) is 9.52. The number of benzene rings is 2. The average molecular weight is 266 g/mol. The van der Waals surface area contributed by atoms with E-state index in [2.05, 4.69) is 45.9 Å². The number of rotatable bonds is 2. The fourth-order valence-electron chi connectivity index (χ4n) is 3.28. The van der Waals surface area contributed by atoms with E-state index in [9.17, 15) is 0 Å². The third kappa shape index (κ3) is 1.89. The van der Waals surface area contributed by atoms with E-state index in [1.165, 1.54) is 50.1 Å². The molecule has 2 aromatic rings. The van der Waals surface area contributed by atoms with Gasteiger partial charge in [-0.15, -0.1) is 0 Å². The van der Waals surface area contributed by atoms with E-state index in [0.29, 0.717) is 6.61 Å². The second-order valence-electron chi connectivity index (χ2n) is 6.03. The quantitative estimate of drug-likeness (QED) is 0.656. The Labute approximate surface area is 121 Å². The minimum absolute atomic E-state index is 0.710. The molecule has 0 bridgehead atoms. The van der Waals surface area contributed by atoms with Gasteiger partial charge in [-0.05, 0) is 84.2 Å². The van der Waals surface area contributed by atoms with Crippen molar-refractivity contribution in [1.82, 2.24) is 0 Å². The minimum atomic E-state index is 0.710. The van der Waals surface area contributed by atoms with Crippen molar-refractivity contribution in [3.05, 3.63) is 57.1 Å². The van der Waals surface area contributed by atoms with Gasteiger partial charge in [-0.2, -0.15) is 0 Å². The van der Waals surface area contributed by atoms with Gasteiger partial charge in [0.15, 0.2) is 0 Å². The molecule has 0 spiro atoms. The van der Waals surface area contributed by atoms with Gasteiger partial charge in [0.2, 0.25) is 0 Å². The van der Waals surface area contributed by atoms with Gasteiger partial charge in [-0.1, -0.05) is 18.2 Å². The molecule has 1 nitrogen and oxygen atoms in total. The Morgan fingerprint density at radius 1 is 0.900 bits per heavy atom. The van der Waals surface area contributed by atoms with Crippen molar-refractivity contribution >= 4 is 0 Å². The molecule has 0 unspecified atom stereocenters. The zero-order chi connectivity index (χ0) is 14.4. The van der Waals surface area contributed by atoms with Gasteiger partial charge < -0.3 is 4.74 Å². The summed E-state index contributed by atoms with van der Waals surface area (Å²) in [6, 6.07) is 7.05. The molecule has 2 aromatic carbocycles. The van der Waals surface area contributed by atoms with E-state index in [-0.39, 0.29) is 0 Å². The molecule has 0 fully saturated rings. The summed E-state index contributed by atoms with van der Waals surface area (Å²) < 4.78 is 5.44. The predicted molar refractivity (Wildman–Crippen MR) is 84.3 cm³/mol. The molecular formula is C19H22O. The van der Waals surface area contributed by atoms with Crippen molar-refractivity contribution in [3.63, 3.8) is 0 Å². The number of ether oxygens (including phenoxy) is 1. The lowest BCUT2D eigenvalue weighted by molar-refractivity contribution is 0.183. The molecule has 0 saturated carbocycles. The van der Waals surface area contributed by atoms with Gasteiger partial charge in [-0.3, -0.25) is 0 Å². The minimum Gasteiger partial charge on any atom is -0.380 e. The van der Waals surface area contributed by atoms with E-state index in [4.69, 9.17) is 4.74 Å². The Morgan fingerprint density at radius 2 is 1.55 bits per heavy atom. The molecule has 0 radical (unpaired) electrons. The summed E-state index contributed by atoms with van der Waals surface area (Å²) in [5.74, 6) is 0. The number of hydrogen-bond donors (Lipinski definition) is 0. The first-order valence-electron chi connectivity index (χ1n) is 7.24. The van der Waals surface area contributed by atoms with Crippen LogP contribution >= 0.6 is 0 Å². The molecule has 3 rings (SSSR count). The third-order valence-electron chi connectivity index (χ3n) is 4.76. The number of methoxy groups -OCH3 is 1. The Bertz CT molecular complexity index is 696. The average Bonchev–Trinajstić information content (AvgIpc) is 2.73. The fraction of sp³-hybridized carbons (Fsp3) is 0.368. The standard InChI is InChI=1S/C19H22O/c1-11-6-15-9-18-17(16(15)7-12(11)2)8-13(3)14(4)19(18)10-20-5/h6-8H,9-10H2,1-5H3. The zero-order valence-electron chi connectivity index (χ0n) is 13.1. The Balaban J connectivity index is 2.26. The molecule has 0 aromatic heterocycles. The van der Waals surface area contributed by atoms with Gasteiger partial charge in [0, 0.05) is 7.11 Å². The fourth-order valence-corrected chi connectivity index (χ4v) is 3.28. The third-order valence-corrected chi connectivity index (χ3v) is 4.76. The molecule has 0 heterocycles. The molecule has 1 aliphatic carbocycles. The van der Waals surface area contributed by atoms with E-state index in [1.807, 2.05) is 0 Å². The number of fused-ring (bicyclic) bond motifs is 3. The highest BCUT2D eigenvalue weighted by molar-refractivity contribution is 5.80. The maximum atomic E-state index is 5.44. The summed E-state index contributed by atoms with van der Waals surface area (Å²) in [6.07, 6.45) is 1.05. The van der Waals surface area contributed by atoms with E-state index in [0.717, 1.165) is 6.42 Å². The maximum absolute atomic E-state index is 5.44. The van der Waals surface area contributed by atoms with Crippen LogP contribution in [0.2, 0.25) is 0 Å². The first kappa shape index (κ1) is 13.4. The van der Waals surface area contributed by atoms with Crippen molar-refractivity contribution in [2.24, 2.45) is 0 Å². The normalized spacial score (nSPS) is 12.4. The summed E-state index contributed by atoms with van der Waals surface area (Å²) in [4.78, 5) is 0. The topological polar surface area (TPSA) is 9.23 Å². The smallest absolute Gasteiger partial charge is 0.0718 e. The molecule has 1 heteroatoms. The van der Waals surface area contributed by atoms with Crippen molar-refractivity contribution < 1.29 is 4.74 Å². The molecule has 0 atom stereocenters. The summed E-state index contributed by atoms with van der Waals surface area (Å²) in [5.41, 5.74) is 12.7. The number of aryl methyl sites for hydroxylation is 3. The molecule has 0 N–H and O–H groups in total. The van der Waals surface area contributed by atoms with Crippen molar-refractivity contribution in [3.8, 4) is 11.1 Å². The second kappa shape index (κ2) is 4.75. The van der Waals surface area contributed by atoms with Crippen LogP contribution < -0.4 is 0 Å². The van der Waals surface area contributed by atoms with E-state index < -0.39 is 0 Å². The summed E-state index contributed by atoms with van der Waals surface area (Å²) >= 11 is 0. The van der Waals surface area contributed by atoms with Gasteiger partial charge in [0.05, 0.1) is 6.61 Å². The van der Waals surface area contributed by atoms with Crippen LogP contribution in [0.15, 0.2) is 18.2 Å². The van der Waals surface area contributed by atoms with Crippen molar-refractivity contribution in [2.75, 3.05) is 7.11 Å². The predicted octanol–water partition coefficient (Wildman–Crippen LogP) is 4.64. The molecule has 1 aliphatic rings. The van der Waals surface area contributed by atoms with Gasteiger partial charge in [-0.25, -0.2) is 0 Å². The molecule has 104 valence electrons. The molecule has 20 heavy (non-hydrogen) atoms. The monoisotopic (exact) mass is 266 g/mol. The van der Waals surface area contributed by atoms with Crippen LogP contribution in [0.3, 0.4) is 0 Å². The zero-order valence-corrected chi connectivity index (χ0v) is 13.1. The Hall–Kier alpha value is -1.60. The van der Waals surface area contributed by atoms with Crippen LogP contribution in [-0.2, 0) is 17.8 Å². The van der Waals surface area contributed by atoms with Crippen LogP contribution in [0, 0.1) is 27.7 Å². The van der Waals surface area contributed by atoms with E-state index >= 15 is 0 Å². The first-order valence-corrected chi connectivity index (χ1v) is 7.24. The Morgan fingerprint density at radius 3 is 2.25 bits per heavy atom. The summed E-state index contributed by atoms with van der Waals surface area (Å²) in [5, 5.41) is 0. The highest BCUT2D eigenvalue weighted by Gasteiger charge is 2.23. The van der Waals surface area contributed by atoms with Crippen LogP contribution in [0.1, 0.15) is 38.9 Å².